The summed E-state index contributed by atoms with van der Waals surface area (Å²) in [6, 6.07) is 23.1. The smallest absolute Gasteiger partial charge is 0.251 e. The maximum absolute atomic E-state index is 12.8. The molecule has 0 saturated heterocycles. The van der Waals surface area contributed by atoms with Gasteiger partial charge in [0.1, 0.15) is 12.4 Å². The molecule has 0 radical (unpaired) electrons. The SMILES string of the molecule is Cc1cccc(NC(=O)Cn2c(CCCNC(=O)c3cccc(C)c3)nc3ccccc32)c1. The normalized spacial score (nSPS) is 10.8. The number of amides is 2. The van der Waals surface area contributed by atoms with Gasteiger partial charge in [0.2, 0.25) is 5.91 Å². The van der Waals surface area contributed by atoms with Gasteiger partial charge in [-0.3, -0.25) is 9.59 Å². The topological polar surface area (TPSA) is 76.0 Å². The first-order valence-corrected chi connectivity index (χ1v) is 11.1. The highest BCUT2D eigenvalue weighted by Crippen LogP contribution is 2.18. The third-order valence-corrected chi connectivity index (χ3v) is 5.48. The number of rotatable bonds is 8. The van der Waals surface area contributed by atoms with E-state index in [0.29, 0.717) is 18.5 Å². The van der Waals surface area contributed by atoms with Gasteiger partial charge in [-0.25, -0.2) is 4.98 Å². The highest BCUT2D eigenvalue weighted by atomic mass is 16.2. The lowest BCUT2D eigenvalue weighted by Crippen LogP contribution is -2.25. The average Bonchev–Trinajstić information content (AvgIpc) is 3.13. The molecule has 0 bridgehead atoms. The van der Waals surface area contributed by atoms with Crippen LogP contribution >= 0.6 is 0 Å². The van der Waals surface area contributed by atoms with Crippen molar-refractivity contribution in [2.45, 2.75) is 33.2 Å². The molecule has 168 valence electrons. The Bertz CT molecular complexity index is 1290. The maximum Gasteiger partial charge on any atom is 0.251 e. The number of para-hydroxylation sites is 2. The number of aromatic nitrogens is 2. The Morgan fingerprint density at radius 3 is 2.45 bits per heavy atom. The van der Waals surface area contributed by atoms with E-state index in [1.54, 1.807) is 0 Å². The van der Waals surface area contributed by atoms with Crippen LogP contribution in [0.15, 0.2) is 72.8 Å². The third-order valence-electron chi connectivity index (χ3n) is 5.48. The number of nitrogens with one attached hydrogen (secondary N) is 2. The van der Waals surface area contributed by atoms with Crippen molar-refractivity contribution in [2.24, 2.45) is 0 Å². The predicted molar refractivity (Wildman–Crippen MR) is 131 cm³/mol. The molecule has 0 atom stereocenters. The van der Waals surface area contributed by atoms with Crippen molar-refractivity contribution in [1.29, 1.82) is 0 Å². The van der Waals surface area contributed by atoms with Gasteiger partial charge >= 0.3 is 0 Å². The minimum absolute atomic E-state index is 0.0789. The van der Waals surface area contributed by atoms with Crippen LogP contribution in [0.2, 0.25) is 0 Å². The Morgan fingerprint density at radius 2 is 1.67 bits per heavy atom. The molecule has 1 aromatic heterocycles. The number of anilines is 1. The number of carbonyl (C=O) groups excluding carboxylic acids is 2. The summed E-state index contributed by atoms with van der Waals surface area (Å²) in [5, 5.41) is 5.95. The molecule has 2 N–H and O–H groups in total. The van der Waals surface area contributed by atoms with Crippen molar-refractivity contribution in [1.82, 2.24) is 14.9 Å². The quantitative estimate of drug-likeness (QED) is 0.392. The number of hydrogen-bond donors (Lipinski definition) is 2. The largest absolute Gasteiger partial charge is 0.352 e. The van der Waals surface area contributed by atoms with E-state index in [4.69, 9.17) is 4.98 Å². The van der Waals surface area contributed by atoms with Gasteiger partial charge in [-0.2, -0.15) is 0 Å². The maximum atomic E-state index is 12.8. The molecule has 0 fully saturated rings. The second-order valence-corrected chi connectivity index (χ2v) is 8.25. The Labute approximate surface area is 193 Å². The summed E-state index contributed by atoms with van der Waals surface area (Å²) >= 11 is 0. The Morgan fingerprint density at radius 1 is 0.909 bits per heavy atom. The number of fused-ring (bicyclic) bond motifs is 1. The second kappa shape index (κ2) is 10.1. The molecule has 1 heterocycles. The summed E-state index contributed by atoms with van der Waals surface area (Å²) in [6.45, 7) is 4.68. The van der Waals surface area contributed by atoms with Crippen LogP contribution in [-0.4, -0.2) is 27.9 Å². The van der Waals surface area contributed by atoms with Gasteiger partial charge < -0.3 is 15.2 Å². The number of nitrogens with zero attached hydrogens (tertiary/aromatic N) is 2. The van der Waals surface area contributed by atoms with Crippen molar-refractivity contribution in [2.75, 3.05) is 11.9 Å². The Balaban J connectivity index is 1.41. The van der Waals surface area contributed by atoms with E-state index in [-0.39, 0.29) is 18.4 Å². The van der Waals surface area contributed by atoms with Crippen molar-refractivity contribution in [3.8, 4) is 0 Å². The van der Waals surface area contributed by atoms with E-state index in [9.17, 15) is 9.59 Å². The molecule has 0 saturated carbocycles. The molecule has 33 heavy (non-hydrogen) atoms. The summed E-state index contributed by atoms with van der Waals surface area (Å²) in [7, 11) is 0. The second-order valence-electron chi connectivity index (χ2n) is 8.25. The number of aryl methyl sites for hydroxylation is 3. The van der Waals surface area contributed by atoms with Crippen molar-refractivity contribution >= 4 is 28.5 Å². The molecule has 6 heteroatoms. The first kappa shape index (κ1) is 22.3. The first-order valence-electron chi connectivity index (χ1n) is 11.1. The minimum atomic E-state index is -0.0993. The lowest BCUT2D eigenvalue weighted by molar-refractivity contribution is -0.116. The number of benzene rings is 3. The molecular formula is C27H28N4O2. The molecule has 0 aliphatic heterocycles. The molecule has 2 amide bonds. The average molecular weight is 441 g/mol. The zero-order chi connectivity index (χ0) is 23.2. The van der Waals surface area contributed by atoms with Gasteiger partial charge in [0.15, 0.2) is 0 Å². The molecule has 0 aliphatic carbocycles. The zero-order valence-corrected chi connectivity index (χ0v) is 19.0. The highest BCUT2D eigenvalue weighted by Gasteiger charge is 2.14. The van der Waals surface area contributed by atoms with Crippen LogP contribution in [0.5, 0.6) is 0 Å². The van der Waals surface area contributed by atoms with E-state index in [2.05, 4.69) is 10.6 Å². The van der Waals surface area contributed by atoms with Gasteiger partial charge in [0.05, 0.1) is 11.0 Å². The van der Waals surface area contributed by atoms with Gasteiger partial charge in [-0.05, 0) is 62.2 Å². The van der Waals surface area contributed by atoms with Crippen LogP contribution < -0.4 is 10.6 Å². The number of hydrogen-bond acceptors (Lipinski definition) is 3. The fraction of sp³-hybridized carbons (Fsp3) is 0.222. The molecule has 0 aliphatic rings. The molecule has 0 spiro atoms. The summed E-state index contributed by atoms with van der Waals surface area (Å²) in [5.41, 5.74) is 5.38. The van der Waals surface area contributed by atoms with Crippen LogP contribution in [0.4, 0.5) is 5.69 Å². The molecule has 4 rings (SSSR count). The van der Waals surface area contributed by atoms with E-state index < -0.39 is 0 Å². The molecule has 3 aromatic carbocycles. The highest BCUT2D eigenvalue weighted by molar-refractivity contribution is 5.94. The lowest BCUT2D eigenvalue weighted by Gasteiger charge is -2.11. The van der Waals surface area contributed by atoms with E-state index >= 15 is 0 Å². The molecule has 0 unspecified atom stereocenters. The summed E-state index contributed by atoms with van der Waals surface area (Å²) < 4.78 is 1.96. The van der Waals surface area contributed by atoms with Crippen molar-refractivity contribution < 1.29 is 9.59 Å². The fourth-order valence-electron chi connectivity index (χ4n) is 3.90. The monoisotopic (exact) mass is 440 g/mol. The zero-order valence-electron chi connectivity index (χ0n) is 19.0. The van der Waals surface area contributed by atoms with E-state index in [1.165, 1.54) is 0 Å². The predicted octanol–water partition coefficient (Wildman–Crippen LogP) is 4.65. The number of imidazole rings is 1. The molecule has 6 nitrogen and oxygen atoms in total. The summed E-state index contributed by atoms with van der Waals surface area (Å²) in [4.78, 5) is 29.9. The van der Waals surface area contributed by atoms with Gasteiger partial charge in [-0.15, -0.1) is 0 Å². The van der Waals surface area contributed by atoms with Gasteiger partial charge in [0, 0.05) is 24.2 Å². The summed E-state index contributed by atoms with van der Waals surface area (Å²) in [6.07, 6.45) is 1.38. The van der Waals surface area contributed by atoms with Crippen molar-refractivity contribution in [3.63, 3.8) is 0 Å². The van der Waals surface area contributed by atoms with E-state index in [0.717, 1.165) is 40.1 Å². The molecular weight excluding hydrogens is 412 g/mol. The van der Waals surface area contributed by atoms with Crippen LogP contribution in [-0.2, 0) is 17.8 Å². The summed E-state index contributed by atoms with van der Waals surface area (Å²) in [5.74, 6) is 0.655. The third kappa shape index (κ3) is 5.66. The Hall–Kier alpha value is -3.93. The van der Waals surface area contributed by atoms with Crippen LogP contribution in [0.3, 0.4) is 0 Å². The lowest BCUT2D eigenvalue weighted by atomic mass is 10.1. The minimum Gasteiger partial charge on any atom is -0.352 e. The van der Waals surface area contributed by atoms with E-state index in [1.807, 2.05) is 91.2 Å². The van der Waals surface area contributed by atoms with Crippen LogP contribution in [0.1, 0.15) is 33.7 Å². The standard InChI is InChI=1S/C27H28N4O2/c1-19-8-5-10-21(16-19)27(33)28-15-7-14-25-30-23-12-3-4-13-24(23)31(25)18-26(32)29-22-11-6-9-20(2)17-22/h3-6,8-13,16-17H,7,14-15,18H2,1-2H3,(H,28,33)(H,29,32). The Kier molecular flexibility index (Phi) is 6.83. The van der Waals surface area contributed by atoms with Crippen LogP contribution in [0, 0.1) is 13.8 Å². The van der Waals surface area contributed by atoms with Crippen LogP contribution in [0.25, 0.3) is 11.0 Å². The van der Waals surface area contributed by atoms with Gasteiger partial charge in [-0.1, -0.05) is 42.0 Å². The first-order chi connectivity index (χ1) is 16.0. The molecule has 4 aromatic rings. The van der Waals surface area contributed by atoms with Crippen molar-refractivity contribution in [3.05, 3.63) is 95.3 Å². The van der Waals surface area contributed by atoms with Gasteiger partial charge in [0.25, 0.3) is 5.91 Å². The number of carbonyl (C=O) groups is 2. The fourth-order valence-corrected chi connectivity index (χ4v) is 3.90.